The number of rotatable bonds is 5. The molecular formula is C14H18O4. The van der Waals surface area contributed by atoms with Gasteiger partial charge in [0.15, 0.2) is 0 Å². The summed E-state index contributed by atoms with van der Waals surface area (Å²) in [6, 6.07) is 6.90. The van der Waals surface area contributed by atoms with Crippen LogP contribution in [-0.4, -0.2) is 18.7 Å². The van der Waals surface area contributed by atoms with E-state index >= 15 is 0 Å². The molecule has 98 valence electrons. The summed E-state index contributed by atoms with van der Waals surface area (Å²) in [5, 5.41) is 0. The minimum atomic E-state index is -0.469. The maximum Gasteiger partial charge on any atom is 0.373 e. The second-order valence-corrected chi connectivity index (χ2v) is 4.33. The van der Waals surface area contributed by atoms with Crippen molar-refractivity contribution in [2.45, 2.75) is 38.7 Å². The van der Waals surface area contributed by atoms with Crippen molar-refractivity contribution in [3.05, 3.63) is 29.8 Å². The van der Waals surface area contributed by atoms with E-state index in [9.17, 15) is 4.79 Å². The van der Waals surface area contributed by atoms with Crippen LogP contribution < -0.4 is 4.74 Å². The van der Waals surface area contributed by atoms with Gasteiger partial charge in [-0.05, 0) is 38.0 Å². The van der Waals surface area contributed by atoms with E-state index in [0.717, 1.165) is 25.7 Å². The first-order chi connectivity index (χ1) is 8.79. The summed E-state index contributed by atoms with van der Waals surface area (Å²) < 4.78 is 5.33. The molecule has 4 nitrogen and oxygen atoms in total. The van der Waals surface area contributed by atoms with Crippen molar-refractivity contribution in [1.29, 1.82) is 0 Å². The Morgan fingerprint density at radius 1 is 1.33 bits per heavy atom. The van der Waals surface area contributed by atoms with Crippen molar-refractivity contribution in [1.82, 2.24) is 0 Å². The Hall–Kier alpha value is -1.55. The van der Waals surface area contributed by atoms with Gasteiger partial charge in [0, 0.05) is 0 Å². The molecule has 0 atom stereocenters. The van der Waals surface area contributed by atoms with Crippen LogP contribution in [0.15, 0.2) is 24.3 Å². The SMILES string of the molecule is CCOc1cccc(C(=O)OOC2CCCC2)c1. The van der Waals surface area contributed by atoms with Gasteiger partial charge in [-0.15, -0.1) is 0 Å². The summed E-state index contributed by atoms with van der Waals surface area (Å²) in [5.41, 5.74) is 0.443. The zero-order valence-electron chi connectivity index (χ0n) is 10.6. The van der Waals surface area contributed by atoms with E-state index in [-0.39, 0.29) is 6.10 Å². The molecule has 0 saturated heterocycles. The van der Waals surface area contributed by atoms with Crippen molar-refractivity contribution >= 4 is 5.97 Å². The molecule has 0 heterocycles. The van der Waals surface area contributed by atoms with Crippen LogP contribution in [0.3, 0.4) is 0 Å². The zero-order chi connectivity index (χ0) is 12.8. The summed E-state index contributed by atoms with van der Waals surface area (Å²) in [7, 11) is 0. The van der Waals surface area contributed by atoms with E-state index in [1.54, 1.807) is 24.3 Å². The van der Waals surface area contributed by atoms with Crippen molar-refractivity contribution in [2.75, 3.05) is 6.61 Å². The van der Waals surface area contributed by atoms with Gasteiger partial charge < -0.3 is 4.74 Å². The number of ether oxygens (including phenoxy) is 1. The number of carbonyl (C=O) groups is 1. The van der Waals surface area contributed by atoms with Gasteiger partial charge in [0.25, 0.3) is 0 Å². The standard InChI is InChI=1S/C14H18O4/c1-2-16-13-9-5-6-11(10-13)14(15)18-17-12-7-3-4-8-12/h5-6,9-10,12H,2-4,7-8H2,1H3. The highest BCUT2D eigenvalue weighted by Crippen LogP contribution is 2.22. The normalized spacial score (nSPS) is 15.6. The van der Waals surface area contributed by atoms with Gasteiger partial charge in [0.1, 0.15) is 11.9 Å². The predicted molar refractivity (Wildman–Crippen MR) is 66.4 cm³/mol. The molecule has 4 heteroatoms. The molecule has 0 amide bonds. The van der Waals surface area contributed by atoms with Gasteiger partial charge in [0.05, 0.1) is 12.2 Å². The fraction of sp³-hybridized carbons (Fsp3) is 0.500. The summed E-state index contributed by atoms with van der Waals surface area (Å²) >= 11 is 0. The molecule has 1 aromatic carbocycles. The first kappa shape index (κ1) is 12.9. The van der Waals surface area contributed by atoms with Gasteiger partial charge in [-0.3, -0.25) is 4.89 Å². The molecule has 1 aliphatic carbocycles. The van der Waals surface area contributed by atoms with E-state index < -0.39 is 5.97 Å². The van der Waals surface area contributed by atoms with E-state index in [1.807, 2.05) is 6.92 Å². The molecule has 1 aromatic rings. The molecule has 0 unspecified atom stereocenters. The summed E-state index contributed by atoms with van der Waals surface area (Å²) in [5.74, 6) is 0.191. The first-order valence-corrected chi connectivity index (χ1v) is 6.40. The van der Waals surface area contributed by atoms with Gasteiger partial charge in [0.2, 0.25) is 0 Å². The molecule has 2 rings (SSSR count). The summed E-state index contributed by atoms with van der Waals surface area (Å²) in [4.78, 5) is 21.7. The molecule has 0 aromatic heterocycles. The highest BCUT2D eigenvalue weighted by atomic mass is 17.2. The van der Waals surface area contributed by atoms with Crippen LogP contribution in [0.1, 0.15) is 43.0 Å². The average Bonchev–Trinajstić information content (AvgIpc) is 2.90. The minimum Gasteiger partial charge on any atom is -0.494 e. The molecule has 0 N–H and O–H groups in total. The maximum absolute atomic E-state index is 11.8. The first-order valence-electron chi connectivity index (χ1n) is 6.40. The lowest BCUT2D eigenvalue weighted by molar-refractivity contribution is -0.272. The average molecular weight is 250 g/mol. The smallest absolute Gasteiger partial charge is 0.373 e. The minimum absolute atomic E-state index is 0.0593. The van der Waals surface area contributed by atoms with E-state index in [1.165, 1.54) is 0 Å². The Morgan fingerprint density at radius 3 is 2.83 bits per heavy atom. The van der Waals surface area contributed by atoms with Crippen LogP contribution in [-0.2, 0) is 9.78 Å². The Morgan fingerprint density at radius 2 is 2.11 bits per heavy atom. The largest absolute Gasteiger partial charge is 0.494 e. The second kappa shape index (κ2) is 6.40. The molecule has 18 heavy (non-hydrogen) atoms. The Kier molecular flexibility index (Phi) is 4.59. The van der Waals surface area contributed by atoms with Crippen molar-refractivity contribution < 1.29 is 19.3 Å². The highest BCUT2D eigenvalue weighted by Gasteiger charge is 2.19. The van der Waals surface area contributed by atoms with Crippen LogP contribution in [0.2, 0.25) is 0 Å². The van der Waals surface area contributed by atoms with Gasteiger partial charge in [-0.1, -0.05) is 18.9 Å². The fourth-order valence-electron chi connectivity index (χ4n) is 2.02. The maximum atomic E-state index is 11.8. The third-order valence-corrected chi connectivity index (χ3v) is 2.94. The third kappa shape index (κ3) is 3.47. The van der Waals surface area contributed by atoms with Crippen LogP contribution in [0.4, 0.5) is 0 Å². The fourth-order valence-corrected chi connectivity index (χ4v) is 2.02. The lowest BCUT2D eigenvalue weighted by Gasteiger charge is -2.09. The highest BCUT2D eigenvalue weighted by molar-refractivity contribution is 5.89. The topological polar surface area (TPSA) is 44.8 Å². The van der Waals surface area contributed by atoms with Crippen molar-refractivity contribution in [3.63, 3.8) is 0 Å². The van der Waals surface area contributed by atoms with E-state index in [2.05, 4.69) is 0 Å². The summed E-state index contributed by atoms with van der Waals surface area (Å²) in [6.07, 6.45) is 4.27. The van der Waals surface area contributed by atoms with Crippen LogP contribution in [0.5, 0.6) is 5.75 Å². The monoisotopic (exact) mass is 250 g/mol. The van der Waals surface area contributed by atoms with Gasteiger partial charge >= 0.3 is 5.97 Å². The number of hydrogen-bond acceptors (Lipinski definition) is 4. The number of carbonyl (C=O) groups excluding carboxylic acids is 1. The lowest BCUT2D eigenvalue weighted by Crippen LogP contribution is -2.13. The molecule has 1 fully saturated rings. The molecule has 1 saturated carbocycles. The van der Waals surface area contributed by atoms with Crippen LogP contribution in [0, 0.1) is 0 Å². The van der Waals surface area contributed by atoms with Crippen molar-refractivity contribution in [2.24, 2.45) is 0 Å². The number of benzene rings is 1. The Labute approximate surface area is 107 Å². The molecule has 1 aliphatic rings. The van der Waals surface area contributed by atoms with E-state index in [0.29, 0.717) is 17.9 Å². The molecule has 0 radical (unpaired) electrons. The van der Waals surface area contributed by atoms with Gasteiger partial charge in [-0.2, -0.15) is 4.89 Å². The lowest BCUT2D eigenvalue weighted by atomic mass is 10.2. The molecule has 0 bridgehead atoms. The Balaban J connectivity index is 1.89. The molecular weight excluding hydrogens is 232 g/mol. The molecule has 0 spiro atoms. The van der Waals surface area contributed by atoms with Crippen LogP contribution in [0.25, 0.3) is 0 Å². The summed E-state index contributed by atoms with van der Waals surface area (Å²) in [6.45, 7) is 2.46. The predicted octanol–water partition coefficient (Wildman–Crippen LogP) is 3.12. The van der Waals surface area contributed by atoms with Crippen molar-refractivity contribution in [3.8, 4) is 5.75 Å². The quantitative estimate of drug-likeness (QED) is 0.595. The zero-order valence-corrected chi connectivity index (χ0v) is 10.6. The van der Waals surface area contributed by atoms with Crippen LogP contribution >= 0.6 is 0 Å². The van der Waals surface area contributed by atoms with E-state index in [4.69, 9.17) is 14.5 Å². The third-order valence-electron chi connectivity index (χ3n) is 2.94. The number of hydrogen-bond donors (Lipinski definition) is 0. The van der Waals surface area contributed by atoms with Gasteiger partial charge in [-0.25, -0.2) is 4.79 Å². The second-order valence-electron chi connectivity index (χ2n) is 4.33. The molecule has 0 aliphatic heterocycles. The Bertz CT molecular complexity index is 397.